The molecule has 0 fully saturated rings. The fourth-order valence-corrected chi connectivity index (χ4v) is 4.30. The van der Waals surface area contributed by atoms with Crippen molar-refractivity contribution in [1.82, 2.24) is 9.88 Å². The highest BCUT2D eigenvalue weighted by atomic mass is 32.1. The van der Waals surface area contributed by atoms with Crippen LogP contribution in [-0.4, -0.2) is 33.4 Å². The Balaban J connectivity index is 1.96. The topological polar surface area (TPSA) is 70.5 Å². The molecule has 2 aromatic carbocycles. The molecule has 1 aromatic heterocycles. The largest absolute Gasteiger partial charge is 0.476 e. The predicted molar refractivity (Wildman–Crippen MR) is 119 cm³/mol. The Kier molecular flexibility index (Phi) is 7.36. The van der Waals surface area contributed by atoms with Gasteiger partial charge in [-0.2, -0.15) is 0 Å². The second-order valence-corrected chi connectivity index (χ2v) is 8.51. The van der Waals surface area contributed by atoms with Gasteiger partial charge in [0.1, 0.15) is 5.01 Å². The lowest BCUT2D eigenvalue weighted by Crippen LogP contribution is -2.37. The van der Waals surface area contributed by atoms with Gasteiger partial charge in [0.2, 0.25) is 0 Å². The number of aromatic carboxylic acids is 1. The van der Waals surface area contributed by atoms with Crippen LogP contribution in [0.15, 0.2) is 66.0 Å². The summed E-state index contributed by atoms with van der Waals surface area (Å²) >= 11 is 1.30. The van der Waals surface area contributed by atoms with Gasteiger partial charge in [0.15, 0.2) is 5.69 Å². The summed E-state index contributed by atoms with van der Waals surface area (Å²) in [6, 6.07) is 19.0. The van der Waals surface area contributed by atoms with Crippen molar-refractivity contribution in [3.63, 3.8) is 0 Å². The minimum atomic E-state index is -1.05. The lowest BCUT2D eigenvalue weighted by Gasteiger charge is -2.32. The molecule has 0 radical (unpaired) electrons. The first-order valence-corrected chi connectivity index (χ1v) is 10.9. The van der Waals surface area contributed by atoms with Gasteiger partial charge in [-0.15, -0.1) is 11.3 Å². The Morgan fingerprint density at radius 1 is 1.03 bits per heavy atom. The lowest BCUT2D eigenvalue weighted by molar-refractivity contribution is 0.0655. The van der Waals surface area contributed by atoms with E-state index in [-0.39, 0.29) is 17.6 Å². The average molecular weight is 423 g/mol. The number of benzene rings is 2. The monoisotopic (exact) mass is 422 g/mol. The summed E-state index contributed by atoms with van der Waals surface area (Å²) in [7, 11) is 0. The number of hydrogen-bond acceptors (Lipinski definition) is 4. The van der Waals surface area contributed by atoms with Crippen molar-refractivity contribution in [2.24, 2.45) is 5.92 Å². The molecule has 1 atom stereocenters. The summed E-state index contributed by atoms with van der Waals surface area (Å²) in [5, 5.41) is 11.5. The molecule has 0 saturated carbocycles. The zero-order valence-corrected chi connectivity index (χ0v) is 18.0. The molecule has 3 aromatic rings. The quantitative estimate of drug-likeness (QED) is 0.507. The molecule has 1 unspecified atom stereocenters. The van der Waals surface area contributed by atoms with Crippen molar-refractivity contribution in [3.05, 3.63) is 87.9 Å². The van der Waals surface area contributed by atoms with Crippen molar-refractivity contribution in [2.75, 3.05) is 6.54 Å². The van der Waals surface area contributed by atoms with Gasteiger partial charge in [-0.25, -0.2) is 9.78 Å². The molecule has 0 bridgehead atoms. The molecule has 1 N–H and O–H groups in total. The highest BCUT2D eigenvalue weighted by Gasteiger charge is 2.29. The van der Waals surface area contributed by atoms with E-state index < -0.39 is 5.97 Å². The van der Waals surface area contributed by atoms with Crippen molar-refractivity contribution < 1.29 is 14.7 Å². The minimum Gasteiger partial charge on any atom is -0.476 e. The maximum Gasteiger partial charge on any atom is 0.355 e. The van der Waals surface area contributed by atoms with E-state index in [4.69, 9.17) is 0 Å². The van der Waals surface area contributed by atoms with Crippen molar-refractivity contribution in [3.8, 4) is 0 Å². The second kappa shape index (κ2) is 10.2. The number of hydrogen-bond donors (Lipinski definition) is 1. The molecule has 30 heavy (non-hydrogen) atoms. The van der Waals surface area contributed by atoms with Gasteiger partial charge >= 0.3 is 5.97 Å². The van der Waals surface area contributed by atoms with Gasteiger partial charge in [-0.1, -0.05) is 62.4 Å². The van der Waals surface area contributed by atoms with Crippen LogP contribution in [0.5, 0.6) is 0 Å². The molecule has 5 nitrogen and oxygen atoms in total. The maximum atomic E-state index is 13.5. The van der Waals surface area contributed by atoms with Gasteiger partial charge in [0.05, 0.1) is 6.04 Å². The van der Waals surface area contributed by atoms with Crippen LogP contribution in [0.1, 0.15) is 57.7 Å². The van der Waals surface area contributed by atoms with E-state index >= 15 is 0 Å². The van der Waals surface area contributed by atoms with Gasteiger partial charge in [0.25, 0.3) is 5.91 Å². The highest BCUT2D eigenvalue weighted by Crippen LogP contribution is 2.32. The summed E-state index contributed by atoms with van der Waals surface area (Å²) in [5.74, 6) is -0.801. The third-order valence-electron chi connectivity index (χ3n) is 4.86. The molecule has 0 aliphatic carbocycles. The number of carboxylic acids is 1. The number of carboxylic acid groups (broad SMARTS) is 1. The summed E-state index contributed by atoms with van der Waals surface area (Å²) in [6.45, 7) is 4.72. The third-order valence-corrected chi connectivity index (χ3v) is 5.81. The van der Waals surface area contributed by atoms with E-state index in [0.717, 1.165) is 5.56 Å². The van der Waals surface area contributed by atoms with Crippen LogP contribution in [0.4, 0.5) is 0 Å². The predicted octanol–water partition coefficient (Wildman–Crippen LogP) is 5.31. The second-order valence-electron chi connectivity index (χ2n) is 7.62. The third kappa shape index (κ3) is 5.54. The molecule has 0 aliphatic heterocycles. The minimum absolute atomic E-state index is 0.0268. The van der Waals surface area contributed by atoms with Crippen LogP contribution in [0.2, 0.25) is 0 Å². The van der Waals surface area contributed by atoms with Crippen LogP contribution in [0.3, 0.4) is 0 Å². The van der Waals surface area contributed by atoms with Crippen LogP contribution >= 0.6 is 11.3 Å². The van der Waals surface area contributed by atoms with Crippen molar-refractivity contribution >= 4 is 23.2 Å². The Morgan fingerprint density at radius 3 is 2.23 bits per heavy atom. The molecule has 0 aliphatic rings. The number of amides is 1. The molecule has 3 rings (SSSR count). The molecule has 6 heteroatoms. The number of thiazole rings is 1. The van der Waals surface area contributed by atoms with Crippen molar-refractivity contribution in [1.29, 1.82) is 0 Å². The highest BCUT2D eigenvalue weighted by molar-refractivity contribution is 7.09. The first-order valence-electron chi connectivity index (χ1n) is 10.0. The molecular weight excluding hydrogens is 396 g/mol. The zero-order chi connectivity index (χ0) is 21.5. The molecule has 156 valence electrons. The Labute approximate surface area is 181 Å². The van der Waals surface area contributed by atoms with E-state index in [9.17, 15) is 14.7 Å². The first kappa shape index (κ1) is 21.7. The van der Waals surface area contributed by atoms with Gasteiger partial charge in [-0.05, 0) is 36.5 Å². The average Bonchev–Trinajstić information content (AvgIpc) is 3.24. The normalized spacial score (nSPS) is 12.0. The summed E-state index contributed by atoms with van der Waals surface area (Å²) in [4.78, 5) is 31.0. The fourth-order valence-electron chi connectivity index (χ4n) is 3.39. The van der Waals surface area contributed by atoms with E-state index in [2.05, 4.69) is 31.0 Å². The fraction of sp³-hybridized carbons (Fsp3) is 0.292. The van der Waals surface area contributed by atoms with Crippen LogP contribution in [0, 0.1) is 5.92 Å². The van der Waals surface area contributed by atoms with Crippen molar-refractivity contribution in [2.45, 2.75) is 32.7 Å². The number of carbonyl (C=O) groups excluding carboxylic acids is 1. The standard InChI is InChI=1S/C24H26N2O3S/c1-17(2)15-21(22-25-20(16-30-22)24(28)29)26(14-13-18-9-5-3-6-10-18)23(27)19-11-7-4-8-12-19/h3-12,16-17,21H,13-15H2,1-2H3,(H,28,29). The van der Waals surface area contributed by atoms with Crippen LogP contribution in [0.25, 0.3) is 0 Å². The van der Waals surface area contributed by atoms with Gasteiger partial charge in [0, 0.05) is 17.5 Å². The molecule has 1 heterocycles. The summed E-state index contributed by atoms with van der Waals surface area (Å²) in [6.07, 6.45) is 1.42. The molecule has 0 spiro atoms. The van der Waals surface area contributed by atoms with Gasteiger partial charge < -0.3 is 10.0 Å². The lowest BCUT2D eigenvalue weighted by atomic mass is 10.0. The first-order chi connectivity index (χ1) is 14.5. The molecule has 0 saturated heterocycles. The zero-order valence-electron chi connectivity index (χ0n) is 17.2. The Bertz CT molecular complexity index is 970. The smallest absolute Gasteiger partial charge is 0.355 e. The number of rotatable bonds is 9. The summed E-state index contributed by atoms with van der Waals surface area (Å²) in [5.41, 5.74) is 1.80. The molecular formula is C24H26N2O3S. The van der Waals surface area contributed by atoms with Crippen LogP contribution < -0.4 is 0 Å². The van der Waals surface area contributed by atoms with E-state index in [0.29, 0.717) is 35.9 Å². The SMILES string of the molecule is CC(C)CC(c1nc(C(=O)O)cs1)N(CCc1ccccc1)C(=O)c1ccccc1. The van der Waals surface area contributed by atoms with E-state index in [1.54, 1.807) is 5.38 Å². The number of aromatic nitrogens is 1. The number of carbonyl (C=O) groups is 2. The number of nitrogens with zero attached hydrogens (tertiary/aromatic N) is 2. The maximum absolute atomic E-state index is 13.5. The van der Waals surface area contributed by atoms with Gasteiger partial charge in [-0.3, -0.25) is 4.79 Å². The van der Waals surface area contributed by atoms with E-state index in [1.807, 2.05) is 53.4 Å². The Morgan fingerprint density at radius 2 is 1.67 bits per heavy atom. The summed E-state index contributed by atoms with van der Waals surface area (Å²) < 4.78 is 0. The van der Waals surface area contributed by atoms with Crippen LogP contribution in [-0.2, 0) is 6.42 Å². The van der Waals surface area contributed by atoms with E-state index in [1.165, 1.54) is 11.3 Å². The molecule has 1 amide bonds. The Hall–Kier alpha value is -2.99.